The van der Waals surface area contributed by atoms with Crippen LogP contribution in [0, 0.1) is 0 Å². The predicted molar refractivity (Wildman–Crippen MR) is 62.2 cm³/mol. The van der Waals surface area contributed by atoms with Gasteiger partial charge in [-0.3, -0.25) is 4.79 Å². The summed E-state index contributed by atoms with van der Waals surface area (Å²) in [7, 11) is 0. The summed E-state index contributed by atoms with van der Waals surface area (Å²) in [5.41, 5.74) is 3.33. The van der Waals surface area contributed by atoms with Crippen molar-refractivity contribution < 1.29 is 4.79 Å². The first kappa shape index (κ1) is 12.9. The zero-order chi connectivity index (χ0) is 11.0. The average Bonchev–Trinajstić information content (AvgIpc) is 2.13. The molecule has 0 aromatic rings. The summed E-state index contributed by atoms with van der Waals surface area (Å²) in [6, 6.07) is 0. The molecule has 0 N–H and O–H groups in total. The molecule has 0 atom stereocenters. The summed E-state index contributed by atoms with van der Waals surface area (Å²) >= 11 is 0. The highest BCUT2D eigenvalue weighted by Gasteiger charge is 1.91. The molecule has 14 heavy (non-hydrogen) atoms. The lowest BCUT2D eigenvalue weighted by Crippen LogP contribution is -1.82. The highest BCUT2D eigenvalue weighted by Crippen LogP contribution is 2.09. The van der Waals surface area contributed by atoms with Crippen LogP contribution in [0.1, 0.15) is 40.0 Å². The maximum absolute atomic E-state index is 10.3. The summed E-state index contributed by atoms with van der Waals surface area (Å²) in [5, 5.41) is 0. The molecule has 0 fully saturated rings. The molecule has 0 aliphatic heterocycles. The third-order valence-electron chi connectivity index (χ3n) is 1.97. The Kier molecular flexibility index (Phi) is 6.73. The third kappa shape index (κ3) is 7.53. The molecule has 0 spiro atoms. The third-order valence-corrected chi connectivity index (χ3v) is 1.97. The van der Waals surface area contributed by atoms with E-state index in [9.17, 15) is 4.79 Å². The van der Waals surface area contributed by atoms with Crippen LogP contribution >= 0.6 is 0 Å². The topological polar surface area (TPSA) is 17.1 Å². The van der Waals surface area contributed by atoms with Crippen molar-refractivity contribution in [2.75, 3.05) is 0 Å². The summed E-state index contributed by atoms with van der Waals surface area (Å²) < 4.78 is 0. The molecule has 0 saturated carbocycles. The molecule has 0 aliphatic rings. The van der Waals surface area contributed by atoms with Gasteiger partial charge in [-0.2, -0.15) is 0 Å². The smallest absolute Gasteiger partial charge is 0.145 e. The highest BCUT2D eigenvalue weighted by molar-refractivity contribution is 5.72. The van der Waals surface area contributed by atoms with Crippen LogP contribution in [0.2, 0.25) is 0 Å². The van der Waals surface area contributed by atoms with Crippen LogP contribution in [0.25, 0.3) is 0 Å². The van der Waals surface area contributed by atoms with E-state index in [1.54, 1.807) is 0 Å². The van der Waals surface area contributed by atoms with E-state index in [1.807, 2.05) is 0 Å². The van der Waals surface area contributed by atoms with Crippen LogP contribution in [0.5, 0.6) is 0 Å². The molecule has 0 bridgehead atoms. The number of carbonyl (C=O) groups excluding carboxylic acids is 1. The fourth-order valence-electron chi connectivity index (χ4n) is 1.04. The maximum Gasteiger partial charge on any atom is 0.145 e. The maximum atomic E-state index is 10.3. The predicted octanol–water partition coefficient (Wildman–Crippen LogP) is 3.82. The van der Waals surface area contributed by atoms with Gasteiger partial charge in [0.15, 0.2) is 0 Å². The number of hydrogen-bond acceptors (Lipinski definition) is 1. The summed E-state index contributed by atoms with van der Waals surface area (Å²) in [6.07, 6.45) is 7.96. The molecule has 0 aromatic heterocycles. The van der Waals surface area contributed by atoms with Crippen molar-refractivity contribution in [3.8, 4) is 0 Å². The molecule has 0 aromatic carbocycles. The van der Waals surface area contributed by atoms with Gasteiger partial charge in [0.05, 0.1) is 0 Å². The lowest BCUT2D eigenvalue weighted by atomic mass is 10.1. The molecule has 1 heteroatoms. The van der Waals surface area contributed by atoms with E-state index in [0.717, 1.165) is 19.1 Å². The fourth-order valence-corrected chi connectivity index (χ4v) is 1.04. The van der Waals surface area contributed by atoms with Gasteiger partial charge >= 0.3 is 0 Å². The molecule has 78 valence electrons. The minimum absolute atomic E-state index is 0.645. The van der Waals surface area contributed by atoms with E-state index >= 15 is 0 Å². The van der Waals surface area contributed by atoms with Crippen molar-refractivity contribution in [1.82, 2.24) is 0 Å². The van der Waals surface area contributed by atoms with Gasteiger partial charge in [-0.15, -0.1) is 0 Å². The molecule has 0 heterocycles. The normalized spacial score (nSPS) is 10.9. The molecule has 0 rings (SSSR count). The van der Waals surface area contributed by atoms with E-state index in [4.69, 9.17) is 0 Å². The van der Waals surface area contributed by atoms with E-state index in [0.29, 0.717) is 12.0 Å². The largest absolute Gasteiger partial charge is 0.298 e. The van der Waals surface area contributed by atoms with Gasteiger partial charge in [0.25, 0.3) is 0 Å². The average molecular weight is 192 g/mol. The van der Waals surface area contributed by atoms with Crippen LogP contribution in [-0.4, -0.2) is 6.29 Å². The molecule has 0 radical (unpaired) electrons. The molecule has 0 amide bonds. The molecule has 0 aliphatic carbocycles. The first-order valence-electron chi connectivity index (χ1n) is 4.98. The van der Waals surface area contributed by atoms with Crippen LogP contribution in [-0.2, 0) is 4.79 Å². The van der Waals surface area contributed by atoms with Gasteiger partial charge in [0.1, 0.15) is 6.29 Å². The monoisotopic (exact) mass is 192 g/mol. The van der Waals surface area contributed by atoms with Crippen molar-refractivity contribution in [2.45, 2.75) is 40.0 Å². The first-order valence-corrected chi connectivity index (χ1v) is 4.98. The number of allylic oxidation sites excluding steroid dienone is 5. The van der Waals surface area contributed by atoms with E-state index in [-0.39, 0.29) is 0 Å². The summed E-state index contributed by atoms with van der Waals surface area (Å²) in [6.45, 7) is 9.93. The second-order valence-corrected chi connectivity index (χ2v) is 3.85. The minimum atomic E-state index is 0.645. The Morgan fingerprint density at radius 2 is 1.86 bits per heavy atom. The lowest BCUT2D eigenvalue weighted by Gasteiger charge is -1.98. The van der Waals surface area contributed by atoms with Crippen molar-refractivity contribution in [3.63, 3.8) is 0 Å². The van der Waals surface area contributed by atoms with Crippen molar-refractivity contribution in [3.05, 3.63) is 35.5 Å². The van der Waals surface area contributed by atoms with Crippen LogP contribution in [0.4, 0.5) is 0 Å². The number of aldehydes is 1. The van der Waals surface area contributed by atoms with E-state index in [1.165, 1.54) is 11.1 Å². The zero-order valence-corrected chi connectivity index (χ0v) is 9.47. The van der Waals surface area contributed by atoms with Gasteiger partial charge in [-0.05, 0) is 45.6 Å². The highest BCUT2D eigenvalue weighted by atomic mass is 16.1. The second-order valence-electron chi connectivity index (χ2n) is 3.85. The molecule has 0 saturated heterocycles. The number of carbonyl (C=O) groups is 1. The van der Waals surface area contributed by atoms with Gasteiger partial charge in [0, 0.05) is 0 Å². The fraction of sp³-hybridized carbons (Fsp3) is 0.462. The summed E-state index contributed by atoms with van der Waals surface area (Å²) in [4.78, 5) is 10.3. The van der Waals surface area contributed by atoms with Gasteiger partial charge in [-0.1, -0.05) is 29.9 Å². The van der Waals surface area contributed by atoms with Crippen molar-refractivity contribution in [2.24, 2.45) is 0 Å². The Bertz CT molecular complexity index is 252. The van der Waals surface area contributed by atoms with Crippen LogP contribution in [0.15, 0.2) is 35.5 Å². The Balaban J connectivity index is 3.83. The second kappa shape index (κ2) is 7.31. The van der Waals surface area contributed by atoms with Gasteiger partial charge in [-0.25, -0.2) is 0 Å². The zero-order valence-electron chi connectivity index (χ0n) is 9.47. The molecular formula is C13H20O. The molecule has 0 unspecified atom stereocenters. The molecular weight excluding hydrogens is 172 g/mol. The van der Waals surface area contributed by atoms with Gasteiger partial charge < -0.3 is 0 Å². The van der Waals surface area contributed by atoms with Crippen molar-refractivity contribution in [1.29, 1.82) is 0 Å². The number of hydrogen-bond donors (Lipinski definition) is 0. The van der Waals surface area contributed by atoms with E-state index < -0.39 is 0 Å². The SMILES string of the molecule is C=C(C=O)C/C=C(\C)CCC=C(C)C. The van der Waals surface area contributed by atoms with Gasteiger partial charge in [0.2, 0.25) is 0 Å². The Morgan fingerprint density at radius 1 is 1.21 bits per heavy atom. The van der Waals surface area contributed by atoms with Crippen LogP contribution in [0.3, 0.4) is 0 Å². The standard InChI is InChI=1S/C13H20O/c1-11(2)6-5-7-12(3)8-9-13(4)10-14/h6,8,10H,4-5,7,9H2,1-3H3/b12-8+. The van der Waals surface area contributed by atoms with Crippen LogP contribution < -0.4 is 0 Å². The van der Waals surface area contributed by atoms with E-state index in [2.05, 4.69) is 39.5 Å². The lowest BCUT2D eigenvalue weighted by molar-refractivity contribution is -0.104. The summed E-state index contributed by atoms with van der Waals surface area (Å²) in [5.74, 6) is 0. The Labute approximate surface area is 87.2 Å². The van der Waals surface area contributed by atoms with Crippen molar-refractivity contribution >= 4 is 6.29 Å². The quantitative estimate of drug-likeness (QED) is 0.355. The Morgan fingerprint density at radius 3 is 2.36 bits per heavy atom. The first-order chi connectivity index (χ1) is 6.56. The minimum Gasteiger partial charge on any atom is -0.298 e. The Hall–Kier alpha value is -1.11. The molecule has 1 nitrogen and oxygen atoms in total. The number of rotatable bonds is 6.